The molecular formula is C12H13N3O4S. The minimum Gasteiger partial charge on any atom is -0.478 e. The minimum atomic E-state index is -3.79. The number of carboxylic acid groups (broad SMARTS) is 1. The van der Waals surface area contributed by atoms with Crippen LogP contribution in [0.2, 0.25) is 0 Å². The maximum Gasteiger partial charge on any atom is 0.336 e. The van der Waals surface area contributed by atoms with Gasteiger partial charge in [0.15, 0.2) is 0 Å². The van der Waals surface area contributed by atoms with Gasteiger partial charge in [0, 0.05) is 5.69 Å². The third-order valence-corrected chi connectivity index (χ3v) is 4.29. The van der Waals surface area contributed by atoms with Crippen molar-refractivity contribution in [2.24, 2.45) is 0 Å². The monoisotopic (exact) mass is 295 g/mol. The van der Waals surface area contributed by atoms with Crippen LogP contribution >= 0.6 is 0 Å². The number of anilines is 1. The van der Waals surface area contributed by atoms with Crippen molar-refractivity contribution in [3.8, 4) is 0 Å². The van der Waals surface area contributed by atoms with E-state index in [1.54, 1.807) is 19.9 Å². The number of hydrogen-bond acceptors (Lipinski definition) is 4. The van der Waals surface area contributed by atoms with E-state index in [9.17, 15) is 13.2 Å². The quantitative estimate of drug-likeness (QED) is 0.791. The number of carbonyl (C=O) groups is 1. The molecule has 0 bridgehead atoms. The highest BCUT2D eigenvalue weighted by atomic mass is 32.2. The lowest BCUT2D eigenvalue weighted by Gasteiger charge is -2.09. The fraction of sp³-hybridized carbons (Fsp3) is 0.167. The standard InChI is InChI=1S/C12H13N3O4S/c1-7-3-4-9(5-10(7)12(16)17)15-20(18,19)11-6-13-14-8(11)2/h3-6,15H,1-2H3,(H,13,14)(H,16,17). The van der Waals surface area contributed by atoms with Crippen molar-refractivity contribution < 1.29 is 18.3 Å². The van der Waals surface area contributed by atoms with Crippen LogP contribution in [0.5, 0.6) is 0 Å². The number of aromatic amines is 1. The summed E-state index contributed by atoms with van der Waals surface area (Å²) in [6.45, 7) is 3.22. The van der Waals surface area contributed by atoms with Crippen LogP contribution in [0, 0.1) is 13.8 Å². The average molecular weight is 295 g/mol. The van der Waals surface area contributed by atoms with Gasteiger partial charge in [0.25, 0.3) is 10.0 Å². The van der Waals surface area contributed by atoms with Gasteiger partial charge in [-0.2, -0.15) is 5.10 Å². The zero-order chi connectivity index (χ0) is 14.9. The molecule has 0 unspecified atom stereocenters. The first-order chi connectivity index (χ1) is 9.31. The predicted octanol–water partition coefficient (Wildman–Crippen LogP) is 1.53. The van der Waals surface area contributed by atoms with Crippen molar-refractivity contribution >= 4 is 21.7 Å². The zero-order valence-electron chi connectivity index (χ0n) is 10.8. The molecular weight excluding hydrogens is 282 g/mol. The number of H-pyrrole nitrogens is 1. The number of nitrogens with one attached hydrogen (secondary N) is 2. The van der Waals surface area contributed by atoms with Gasteiger partial charge in [-0.1, -0.05) is 6.07 Å². The van der Waals surface area contributed by atoms with Crippen LogP contribution in [0.25, 0.3) is 0 Å². The molecule has 0 aliphatic rings. The Labute approximate surface area is 115 Å². The Kier molecular flexibility index (Phi) is 3.49. The molecule has 0 aliphatic carbocycles. The van der Waals surface area contributed by atoms with Crippen molar-refractivity contribution in [2.45, 2.75) is 18.7 Å². The Balaban J connectivity index is 2.38. The summed E-state index contributed by atoms with van der Waals surface area (Å²) in [6.07, 6.45) is 1.20. The molecule has 8 heteroatoms. The van der Waals surface area contributed by atoms with Crippen molar-refractivity contribution in [1.82, 2.24) is 10.2 Å². The second kappa shape index (κ2) is 4.97. The highest BCUT2D eigenvalue weighted by molar-refractivity contribution is 7.92. The normalized spacial score (nSPS) is 11.3. The van der Waals surface area contributed by atoms with Crippen LogP contribution in [-0.2, 0) is 10.0 Å². The smallest absolute Gasteiger partial charge is 0.336 e. The third-order valence-electron chi connectivity index (χ3n) is 2.79. The molecule has 1 aromatic carbocycles. The number of aromatic nitrogens is 2. The highest BCUT2D eigenvalue weighted by Gasteiger charge is 2.19. The lowest BCUT2D eigenvalue weighted by atomic mass is 10.1. The van der Waals surface area contributed by atoms with Gasteiger partial charge < -0.3 is 5.11 Å². The van der Waals surface area contributed by atoms with E-state index in [0.717, 1.165) is 0 Å². The molecule has 0 amide bonds. The number of hydrogen-bond donors (Lipinski definition) is 3. The van der Waals surface area contributed by atoms with E-state index in [2.05, 4.69) is 14.9 Å². The number of nitrogens with zero attached hydrogens (tertiary/aromatic N) is 1. The second-order valence-electron chi connectivity index (χ2n) is 4.30. The molecule has 0 atom stereocenters. The van der Waals surface area contributed by atoms with E-state index < -0.39 is 16.0 Å². The Morgan fingerprint density at radius 3 is 2.60 bits per heavy atom. The van der Waals surface area contributed by atoms with E-state index in [4.69, 9.17) is 5.11 Å². The van der Waals surface area contributed by atoms with E-state index >= 15 is 0 Å². The molecule has 3 N–H and O–H groups in total. The molecule has 0 saturated carbocycles. The lowest BCUT2D eigenvalue weighted by molar-refractivity contribution is 0.0696. The molecule has 0 radical (unpaired) electrons. The SMILES string of the molecule is Cc1ccc(NS(=O)(=O)c2cn[nH]c2C)cc1C(=O)O. The predicted molar refractivity (Wildman–Crippen MR) is 72.3 cm³/mol. The van der Waals surface area contributed by atoms with E-state index in [-0.39, 0.29) is 16.1 Å². The fourth-order valence-electron chi connectivity index (χ4n) is 1.74. The lowest BCUT2D eigenvalue weighted by Crippen LogP contribution is -2.14. The van der Waals surface area contributed by atoms with E-state index in [1.807, 2.05) is 0 Å². The Morgan fingerprint density at radius 1 is 1.35 bits per heavy atom. The highest BCUT2D eigenvalue weighted by Crippen LogP contribution is 2.20. The molecule has 0 saturated heterocycles. The summed E-state index contributed by atoms with van der Waals surface area (Å²) in [5.41, 5.74) is 1.20. The van der Waals surface area contributed by atoms with Crippen LogP contribution in [0.1, 0.15) is 21.6 Å². The van der Waals surface area contributed by atoms with Crippen LogP contribution in [0.4, 0.5) is 5.69 Å². The molecule has 7 nitrogen and oxygen atoms in total. The Morgan fingerprint density at radius 2 is 2.05 bits per heavy atom. The van der Waals surface area contributed by atoms with Crippen LogP contribution in [-0.4, -0.2) is 29.7 Å². The first-order valence-electron chi connectivity index (χ1n) is 5.68. The maximum absolute atomic E-state index is 12.1. The molecule has 1 heterocycles. The number of benzene rings is 1. The van der Waals surface area contributed by atoms with Crippen LogP contribution < -0.4 is 4.72 Å². The van der Waals surface area contributed by atoms with E-state index in [1.165, 1.54) is 18.3 Å². The van der Waals surface area contributed by atoms with Crippen LogP contribution in [0.15, 0.2) is 29.3 Å². The molecule has 0 spiro atoms. The van der Waals surface area contributed by atoms with E-state index in [0.29, 0.717) is 11.3 Å². The van der Waals surface area contributed by atoms with Crippen LogP contribution in [0.3, 0.4) is 0 Å². The molecule has 0 fully saturated rings. The fourth-order valence-corrected chi connectivity index (χ4v) is 2.92. The van der Waals surface area contributed by atoms with Gasteiger partial charge in [0.05, 0.1) is 17.5 Å². The minimum absolute atomic E-state index is 0.0231. The topological polar surface area (TPSA) is 112 Å². The number of sulfonamides is 1. The molecule has 20 heavy (non-hydrogen) atoms. The number of carboxylic acids is 1. The first-order valence-corrected chi connectivity index (χ1v) is 7.16. The van der Waals surface area contributed by atoms with Gasteiger partial charge in [0.2, 0.25) is 0 Å². The number of rotatable bonds is 4. The number of aromatic carboxylic acids is 1. The van der Waals surface area contributed by atoms with Crippen molar-refractivity contribution in [1.29, 1.82) is 0 Å². The summed E-state index contributed by atoms with van der Waals surface area (Å²) in [6, 6.07) is 4.34. The summed E-state index contributed by atoms with van der Waals surface area (Å²) in [4.78, 5) is 11.1. The van der Waals surface area contributed by atoms with Gasteiger partial charge in [0.1, 0.15) is 4.90 Å². The summed E-state index contributed by atoms with van der Waals surface area (Å²) in [5.74, 6) is -1.11. The zero-order valence-corrected chi connectivity index (χ0v) is 11.7. The van der Waals surface area contributed by atoms with Crippen molar-refractivity contribution in [2.75, 3.05) is 4.72 Å². The first kappa shape index (κ1) is 14.1. The van der Waals surface area contributed by atoms with Gasteiger partial charge in [-0.05, 0) is 31.5 Å². The number of aryl methyl sites for hydroxylation is 2. The Hall–Kier alpha value is -2.35. The molecule has 106 valence electrons. The van der Waals surface area contributed by atoms with Gasteiger partial charge in [-0.3, -0.25) is 9.82 Å². The van der Waals surface area contributed by atoms with Crippen molar-refractivity contribution in [3.05, 3.63) is 41.2 Å². The Bertz CT molecular complexity index is 765. The summed E-state index contributed by atoms with van der Waals surface area (Å²) >= 11 is 0. The van der Waals surface area contributed by atoms with Gasteiger partial charge >= 0.3 is 5.97 Å². The molecule has 2 aromatic rings. The van der Waals surface area contributed by atoms with Crippen molar-refractivity contribution in [3.63, 3.8) is 0 Å². The largest absolute Gasteiger partial charge is 0.478 e. The summed E-state index contributed by atoms with van der Waals surface area (Å²) in [5, 5.41) is 15.2. The summed E-state index contributed by atoms with van der Waals surface area (Å²) < 4.78 is 26.6. The van der Waals surface area contributed by atoms with Gasteiger partial charge in [-0.25, -0.2) is 13.2 Å². The molecule has 0 aliphatic heterocycles. The average Bonchev–Trinajstić information content (AvgIpc) is 2.78. The van der Waals surface area contributed by atoms with Gasteiger partial charge in [-0.15, -0.1) is 0 Å². The second-order valence-corrected chi connectivity index (χ2v) is 5.95. The molecule has 1 aromatic heterocycles. The molecule has 2 rings (SSSR count). The summed E-state index contributed by atoms with van der Waals surface area (Å²) in [7, 11) is -3.79. The maximum atomic E-state index is 12.1. The third kappa shape index (κ3) is 2.64.